The first-order valence-electron chi connectivity index (χ1n) is 5.64. The van der Waals surface area contributed by atoms with E-state index in [2.05, 4.69) is 10.3 Å². The largest absolute Gasteiger partial charge is 0.334 e. The molecule has 0 atom stereocenters. The van der Waals surface area contributed by atoms with Crippen LogP contribution in [0.3, 0.4) is 0 Å². The van der Waals surface area contributed by atoms with Gasteiger partial charge in [0.15, 0.2) is 0 Å². The lowest BCUT2D eigenvalue weighted by molar-refractivity contribution is -0.131. The van der Waals surface area contributed by atoms with Crippen LogP contribution in [0.25, 0.3) is 0 Å². The van der Waals surface area contributed by atoms with E-state index in [9.17, 15) is 4.79 Å². The highest BCUT2D eigenvalue weighted by molar-refractivity contribution is 5.85. The third kappa shape index (κ3) is 3.98. The highest BCUT2D eigenvalue weighted by atomic mass is 35.5. The summed E-state index contributed by atoms with van der Waals surface area (Å²) in [5, 5.41) is 2.91. The van der Waals surface area contributed by atoms with Gasteiger partial charge in [-0.1, -0.05) is 6.07 Å². The molecular formula is C12H18ClN3O. The van der Waals surface area contributed by atoms with Crippen LogP contribution in [-0.4, -0.2) is 35.4 Å². The summed E-state index contributed by atoms with van der Waals surface area (Å²) in [6.45, 7) is 1.09. The van der Waals surface area contributed by atoms with E-state index in [1.54, 1.807) is 13.2 Å². The summed E-state index contributed by atoms with van der Waals surface area (Å²) < 4.78 is 0. The van der Waals surface area contributed by atoms with Crippen molar-refractivity contribution in [2.45, 2.75) is 25.4 Å². The Morgan fingerprint density at radius 3 is 2.88 bits per heavy atom. The Morgan fingerprint density at radius 1 is 1.59 bits per heavy atom. The SMILES string of the molecule is CNCC(=O)N(Cc1cccnc1)C1CC1.Cl. The second-order valence-electron chi connectivity index (χ2n) is 4.14. The second-order valence-corrected chi connectivity index (χ2v) is 4.14. The molecule has 1 aromatic rings. The van der Waals surface area contributed by atoms with Crippen molar-refractivity contribution in [2.24, 2.45) is 0 Å². The molecule has 0 aliphatic heterocycles. The molecule has 2 rings (SSSR count). The fourth-order valence-corrected chi connectivity index (χ4v) is 1.75. The number of hydrogen-bond acceptors (Lipinski definition) is 3. The summed E-state index contributed by atoms with van der Waals surface area (Å²) in [4.78, 5) is 17.9. The number of rotatable bonds is 5. The molecule has 0 radical (unpaired) electrons. The van der Waals surface area contributed by atoms with E-state index in [4.69, 9.17) is 0 Å². The minimum Gasteiger partial charge on any atom is -0.334 e. The van der Waals surface area contributed by atoms with Gasteiger partial charge in [0.1, 0.15) is 0 Å². The lowest BCUT2D eigenvalue weighted by atomic mass is 10.2. The first-order chi connectivity index (χ1) is 7.81. The Kier molecular flexibility index (Phi) is 5.38. The van der Waals surface area contributed by atoms with E-state index in [1.807, 2.05) is 23.2 Å². The zero-order valence-electron chi connectivity index (χ0n) is 9.93. The number of likely N-dealkylation sites (N-methyl/N-ethyl adjacent to an activating group) is 1. The Balaban J connectivity index is 0.00000144. The van der Waals surface area contributed by atoms with Crippen molar-refractivity contribution in [2.75, 3.05) is 13.6 Å². The van der Waals surface area contributed by atoms with Gasteiger partial charge in [-0.05, 0) is 31.5 Å². The molecule has 1 fully saturated rings. The Labute approximate surface area is 108 Å². The molecule has 0 saturated heterocycles. The number of hydrogen-bond donors (Lipinski definition) is 1. The summed E-state index contributed by atoms with van der Waals surface area (Å²) in [5.74, 6) is 0.175. The van der Waals surface area contributed by atoms with Gasteiger partial charge in [0.2, 0.25) is 5.91 Å². The van der Waals surface area contributed by atoms with E-state index < -0.39 is 0 Å². The number of pyridine rings is 1. The second kappa shape index (κ2) is 6.57. The van der Waals surface area contributed by atoms with Gasteiger partial charge >= 0.3 is 0 Å². The van der Waals surface area contributed by atoms with Crippen molar-refractivity contribution in [1.82, 2.24) is 15.2 Å². The monoisotopic (exact) mass is 255 g/mol. The molecule has 1 aromatic heterocycles. The van der Waals surface area contributed by atoms with Crippen LogP contribution in [0.5, 0.6) is 0 Å². The normalized spacial score (nSPS) is 13.9. The highest BCUT2D eigenvalue weighted by Gasteiger charge is 2.31. The average Bonchev–Trinajstić information content (AvgIpc) is 3.11. The molecule has 94 valence electrons. The van der Waals surface area contributed by atoms with Gasteiger partial charge < -0.3 is 10.2 Å². The zero-order valence-corrected chi connectivity index (χ0v) is 10.7. The van der Waals surface area contributed by atoms with Crippen LogP contribution in [0, 0.1) is 0 Å². The van der Waals surface area contributed by atoms with E-state index in [1.165, 1.54) is 0 Å². The van der Waals surface area contributed by atoms with Crippen molar-refractivity contribution in [3.63, 3.8) is 0 Å². The molecule has 4 nitrogen and oxygen atoms in total. The molecule has 1 aliphatic carbocycles. The first kappa shape index (κ1) is 13.9. The fraction of sp³-hybridized carbons (Fsp3) is 0.500. The Morgan fingerprint density at radius 2 is 2.35 bits per heavy atom. The predicted molar refractivity (Wildman–Crippen MR) is 69.0 cm³/mol. The van der Waals surface area contributed by atoms with Crippen LogP contribution < -0.4 is 5.32 Å². The average molecular weight is 256 g/mol. The molecule has 1 N–H and O–H groups in total. The molecule has 0 unspecified atom stereocenters. The van der Waals surface area contributed by atoms with Crippen LogP contribution in [-0.2, 0) is 11.3 Å². The van der Waals surface area contributed by atoms with Gasteiger partial charge in [-0.3, -0.25) is 9.78 Å². The molecule has 0 aromatic carbocycles. The number of nitrogens with zero attached hydrogens (tertiary/aromatic N) is 2. The molecule has 0 bridgehead atoms. The minimum absolute atomic E-state index is 0. The lowest BCUT2D eigenvalue weighted by Gasteiger charge is -2.22. The van der Waals surface area contributed by atoms with E-state index in [0.717, 1.165) is 18.4 Å². The number of aromatic nitrogens is 1. The van der Waals surface area contributed by atoms with E-state index in [-0.39, 0.29) is 18.3 Å². The Hall–Kier alpha value is -1.13. The maximum atomic E-state index is 11.9. The van der Waals surface area contributed by atoms with Crippen molar-refractivity contribution in [3.05, 3.63) is 30.1 Å². The van der Waals surface area contributed by atoms with Gasteiger partial charge in [0.25, 0.3) is 0 Å². The molecule has 5 heteroatoms. The van der Waals surface area contributed by atoms with Gasteiger partial charge in [0, 0.05) is 25.0 Å². The van der Waals surface area contributed by atoms with Crippen LogP contribution in [0.15, 0.2) is 24.5 Å². The summed E-state index contributed by atoms with van der Waals surface area (Å²) in [6, 6.07) is 4.36. The molecule has 17 heavy (non-hydrogen) atoms. The summed E-state index contributed by atoms with van der Waals surface area (Å²) in [7, 11) is 1.80. The number of carbonyl (C=O) groups is 1. The molecular weight excluding hydrogens is 238 g/mol. The third-order valence-corrected chi connectivity index (χ3v) is 2.71. The van der Waals surface area contributed by atoms with Crippen molar-refractivity contribution in [3.8, 4) is 0 Å². The topological polar surface area (TPSA) is 45.2 Å². The highest BCUT2D eigenvalue weighted by Crippen LogP contribution is 2.28. The Bertz CT molecular complexity index is 354. The van der Waals surface area contributed by atoms with Crippen LogP contribution >= 0.6 is 12.4 Å². The zero-order chi connectivity index (χ0) is 11.4. The molecule has 1 amide bonds. The standard InChI is InChI=1S/C12H17N3O.ClH/c1-13-8-12(16)15(11-4-5-11)9-10-3-2-6-14-7-10;/h2-3,6-7,11,13H,4-5,8-9H2,1H3;1H. The maximum absolute atomic E-state index is 11.9. The van der Waals surface area contributed by atoms with E-state index >= 15 is 0 Å². The summed E-state index contributed by atoms with van der Waals surface area (Å²) >= 11 is 0. The third-order valence-electron chi connectivity index (χ3n) is 2.71. The smallest absolute Gasteiger partial charge is 0.237 e. The van der Waals surface area contributed by atoms with Gasteiger partial charge in [-0.15, -0.1) is 12.4 Å². The van der Waals surface area contributed by atoms with Gasteiger partial charge in [-0.2, -0.15) is 0 Å². The molecule has 1 heterocycles. The summed E-state index contributed by atoms with van der Waals surface area (Å²) in [6.07, 6.45) is 5.84. The van der Waals surface area contributed by atoms with Crippen molar-refractivity contribution < 1.29 is 4.79 Å². The van der Waals surface area contributed by atoms with Gasteiger partial charge in [0.05, 0.1) is 6.54 Å². The number of amides is 1. The van der Waals surface area contributed by atoms with Crippen molar-refractivity contribution >= 4 is 18.3 Å². The molecule has 0 spiro atoms. The summed E-state index contributed by atoms with van der Waals surface area (Å²) in [5.41, 5.74) is 1.10. The number of nitrogens with one attached hydrogen (secondary N) is 1. The predicted octanol–water partition coefficient (Wildman–Crippen LogP) is 1.21. The van der Waals surface area contributed by atoms with E-state index in [0.29, 0.717) is 19.1 Å². The number of carbonyl (C=O) groups excluding carboxylic acids is 1. The quantitative estimate of drug-likeness (QED) is 0.860. The maximum Gasteiger partial charge on any atom is 0.237 e. The number of halogens is 1. The first-order valence-corrected chi connectivity index (χ1v) is 5.64. The molecule has 1 saturated carbocycles. The van der Waals surface area contributed by atoms with Crippen LogP contribution in [0.1, 0.15) is 18.4 Å². The van der Waals surface area contributed by atoms with Crippen LogP contribution in [0.2, 0.25) is 0 Å². The van der Waals surface area contributed by atoms with Crippen LogP contribution in [0.4, 0.5) is 0 Å². The van der Waals surface area contributed by atoms with Gasteiger partial charge in [-0.25, -0.2) is 0 Å². The molecule has 1 aliphatic rings. The fourth-order valence-electron chi connectivity index (χ4n) is 1.75. The van der Waals surface area contributed by atoms with Crippen molar-refractivity contribution in [1.29, 1.82) is 0 Å². The lowest BCUT2D eigenvalue weighted by Crippen LogP contribution is -2.38. The minimum atomic E-state index is 0.